The molecule has 0 radical (unpaired) electrons. The van der Waals surface area contributed by atoms with Crippen LogP contribution in [0.25, 0.3) is 0 Å². The molecule has 142 valence electrons. The zero-order valence-electron chi connectivity index (χ0n) is 14.7. The van der Waals surface area contributed by atoms with Crippen LogP contribution < -0.4 is 5.32 Å². The van der Waals surface area contributed by atoms with Crippen LogP contribution in [0.4, 0.5) is 18.9 Å². The van der Waals surface area contributed by atoms with Gasteiger partial charge in [-0.25, -0.2) is 21.6 Å². The lowest BCUT2D eigenvalue weighted by Crippen LogP contribution is -2.20. The first-order valence-electron chi connectivity index (χ1n) is 7.65. The summed E-state index contributed by atoms with van der Waals surface area (Å²) in [5, 5.41) is 2.22. The number of halogens is 3. The van der Waals surface area contributed by atoms with Gasteiger partial charge in [-0.15, -0.1) is 0 Å². The van der Waals surface area contributed by atoms with Crippen LogP contribution in [0.5, 0.6) is 0 Å². The first-order chi connectivity index (χ1) is 11.8. The van der Waals surface area contributed by atoms with Gasteiger partial charge in [0.15, 0.2) is 27.3 Å². The minimum atomic E-state index is -3.62. The second-order valence-corrected chi connectivity index (χ2v) is 9.19. The lowest BCUT2D eigenvalue weighted by atomic mass is 10.0. The fourth-order valence-electron chi connectivity index (χ4n) is 2.41. The highest BCUT2D eigenvalue weighted by atomic mass is 32.2. The summed E-state index contributed by atoms with van der Waals surface area (Å²) in [6.45, 7) is 5.33. The minimum Gasteiger partial charge on any atom is -0.345 e. The number of sulfone groups is 1. The summed E-state index contributed by atoms with van der Waals surface area (Å²) in [4.78, 5) is 12.3. The Morgan fingerprint density at radius 1 is 1.12 bits per heavy atom. The van der Waals surface area contributed by atoms with Gasteiger partial charge in [-0.1, -0.05) is 20.8 Å². The van der Waals surface area contributed by atoms with Crippen LogP contribution in [0.3, 0.4) is 0 Å². The largest absolute Gasteiger partial charge is 0.345 e. The zero-order chi connectivity index (χ0) is 19.9. The molecule has 0 saturated carbocycles. The summed E-state index contributed by atoms with van der Waals surface area (Å²) < 4.78 is 65.6. The van der Waals surface area contributed by atoms with Gasteiger partial charge < -0.3 is 9.88 Å². The molecule has 1 aromatic carbocycles. The summed E-state index contributed by atoms with van der Waals surface area (Å²) in [6, 6.07) is 2.46. The van der Waals surface area contributed by atoms with Gasteiger partial charge in [0.1, 0.15) is 5.69 Å². The second-order valence-electron chi connectivity index (χ2n) is 7.20. The lowest BCUT2D eigenvalue weighted by Gasteiger charge is -2.17. The molecule has 9 heteroatoms. The molecule has 0 saturated heterocycles. The molecule has 2 rings (SSSR count). The average molecular weight is 388 g/mol. The normalized spacial score (nSPS) is 12.3. The summed E-state index contributed by atoms with van der Waals surface area (Å²) >= 11 is 0. The Labute approximate surface area is 149 Å². The van der Waals surface area contributed by atoms with Crippen LogP contribution >= 0.6 is 0 Å². The number of carbonyl (C=O) groups excluding carboxylic acids is 1. The third-order valence-corrected chi connectivity index (χ3v) is 5.62. The molecule has 0 spiro atoms. The maximum atomic E-state index is 13.2. The lowest BCUT2D eigenvalue weighted by molar-refractivity contribution is 0.101. The number of aryl methyl sites for hydroxylation is 1. The first-order valence-corrected chi connectivity index (χ1v) is 9.30. The van der Waals surface area contributed by atoms with Gasteiger partial charge in [0.25, 0.3) is 5.91 Å². The van der Waals surface area contributed by atoms with E-state index in [9.17, 15) is 26.4 Å². The van der Waals surface area contributed by atoms with E-state index in [0.29, 0.717) is 12.1 Å². The Hall–Kier alpha value is -2.29. The highest BCUT2D eigenvalue weighted by Gasteiger charge is 2.26. The van der Waals surface area contributed by atoms with Crippen LogP contribution in [0.15, 0.2) is 29.3 Å². The Morgan fingerprint density at radius 2 is 1.65 bits per heavy atom. The van der Waals surface area contributed by atoms with E-state index < -0.39 is 38.6 Å². The molecule has 5 nitrogen and oxygen atoms in total. The van der Waals surface area contributed by atoms with Crippen molar-refractivity contribution in [3.8, 4) is 0 Å². The van der Waals surface area contributed by atoms with Crippen molar-refractivity contribution in [1.82, 2.24) is 4.57 Å². The van der Waals surface area contributed by atoms with Crippen LogP contribution in [-0.2, 0) is 16.9 Å². The summed E-state index contributed by atoms with van der Waals surface area (Å²) in [7, 11) is -2.15. The number of nitrogens with one attached hydrogen (secondary N) is 1. The van der Waals surface area contributed by atoms with E-state index in [2.05, 4.69) is 5.32 Å². The van der Waals surface area contributed by atoms with Crippen molar-refractivity contribution in [2.45, 2.75) is 25.7 Å². The van der Waals surface area contributed by atoms with E-state index in [1.54, 1.807) is 20.8 Å². The van der Waals surface area contributed by atoms with Gasteiger partial charge in [0, 0.05) is 31.1 Å². The fourth-order valence-corrected chi connectivity index (χ4v) is 4.32. The molecule has 26 heavy (non-hydrogen) atoms. The Balaban J connectivity index is 2.30. The summed E-state index contributed by atoms with van der Waals surface area (Å²) in [5.41, 5.74) is -0.783. The highest BCUT2D eigenvalue weighted by Crippen LogP contribution is 2.24. The third kappa shape index (κ3) is 4.46. The Kier molecular flexibility index (Phi) is 5.23. The van der Waals surface area contributed by atoms with E-state index in [0.717, 1.165) is 0 Å². The fraction of sp³-hybridized carbons (Fsp3) is 0.353. The van der Waals surface area contributed by atoms with Crippen molar-refractivity contribution in [1.29, 1.82) is 0 Å². The molecular formula is C17H19F3N2O3S. The first kappa shape index (κ1) is 20.0. The monoisotopic (exact) mass is 388 g/mol. The standard InChI is InChI=1S/C17H19F3N2O3S/c1-17(2,3)9-26(24,25)11-7-14(22(4)8-11)16(23)21-10-5-12(18)15(20)13(19)6-10/h5-8H,9H2,1-4H3,(H,21,23). The molecule has 0 aliphatic rings. The number of benzene rings is 1. The average Bonchev–Trinajstić information content (AvgIpc) is 2.85. The maximum absolute atomic E-state index is 13.2. The molecular weight excluding hydrogens is 369 g/mol. The van der Waals surface area contributed by atoms with Gasteiger partial charge in [-0.2, -0.15) is 0 Å². The van der Waals surface area contributed by atoms with Crippen molar-refractivity contribution >= 4 is 21.4 Å². The predicted octanol–water partition coefficient (Wildman–Crippen LogP) is 3.51. The molecule has 0 aliphatic carbocycles. The maximum Gasteiger partial charge on any atom is 0.272 e. The molecule has 1 N–H and O–H groups in total. The van der Waals surface area contributed by atoms with Gasteiger partial charge in [-0.3, -0.25) is 4.79 Å². The van der Waals surface area contributed by atoms with E-state index in [-0.39, 0.29) is 22.0 Å². The van der Waals surface area contributed by atoms with E-state index in [4.69, 9.17) is 0 Å². The molecule has 0 bridgehead atoms. The quantitative estimate of drug-likeness (QED) is 0.815. The molecule has 1 heterocycles. The van der Waals surface area contributed by atoms with Crippen LogP contribution in [0, 0.1) is 22.9 Å². The molecule has 2 aromatic rings. The predicted molar refractivity (Wildman–Crippen MR) is 91.2 cm³/mol. The highest BCUT2D eigenvalue weighted by molar-refractivity contribution is 7.91. The number of rotatable bonds is 4. The Morgan fingerprint density at radius 3 is 2.15 bits per heavy atom. The number of amides is 1. The number of aromatic nitrogens is 1. The number of hydrogen-bond acceptors (Lipinski definition) is 3. The van der Waals surface area contributed by atoms with E-state index >= 15 is 0 Å². The van der Waals surface area contributed by atoms with E-state index in [1.165, 1.54) is 23.9 Å². The van der Waals surface area contributed by atoms with Crippen LogP contribution in [-0.4, -0.2) is 24.6 Å². The van der Waals surface area contributed by atoms with Crippen molar-refractivity contribution in [2.75, 3.05) is 11.1 Å². The molecule has 1 amide bonds. The van der Waals surface area contributed by atoms with Crippen molar-refractivity contribution in [3.63, 3.8) is 0 Å². The van der Waals surface area contributed by atoms with Gasteiger partial charge in [-0.05, 0) is 11.5 Å². The number of nitrogens with zero attached hydrogens (tertiary/aromatic N) is 1. The number of hydrogen-bond donors (Lipinski definition) is 1. The molecule has 0 atom stereocenters. The van der Waals surface area contributed by atoms with E-state index in [1.807, 2.05) is 0 Å². The zero-order valence-corrected chi connectivity index (χ0v) is 15.5. The summed E-state index contributed by atoms with van der Waals surface area (Å²) in [5.74, 6) is -5.42. The molecule has 1 aromatic heterocycles. The number of carbonyl (C=O) groups is 1. The second kappa shape index (κ2) is 6.79. The Bertz CT molecular complexity index is 937. The van der Waals surface area contributed by atoms with Gasteiger partial charge in [0.05, 0.1) is 10.6 Å². The smallest absolute Gasteiger partial charge is 0.272 e. The third-order valence-electron chi connectivity index (χ3n) is 3.44. The molecule has 0 unspecified atom stereocenters. The topological polar surface area (TPSA) is 68.2 Å². The van der Waals surface area contributed by atoms with Crippen LogP contribution in [0.1, 0.15) is 31.3 Å². The van der Waals surface area contributed by atoms with Crippen molar-refractivity contribution < 1.29 is 26.4 Å². The number of anilines is 1. The van der Waals surface area contributed by atoms with Crippen molar-refractivity contribution in [2.24, 2.45) is 12.5 Å². The minimum absolute atomic E-state index is 0.0253. The molecule has 0 aliphatic heterocycles. The SMILES string of the molecule is Cn1cc(S(=O)(=O)CC(C)(C)C)cc1C(=O)Nc1cc(F)c(F)c(F)c1. The van der Waals surface area contributed by atoms with Gasteiger partial charge in [0.2, 0.25) is 0 Å². The summed E-state index contributed by atoms with van der Waals surface area (Å²) in [6.07, 6.45) is 1.29. The molecule has 0 fully saturated rings. The van der Waals surface area contributed by atoms with Crippen LogP contribution in [0.2, 0.25) is 0 Å². The van der Waals surface area contributed by atoms with Gasteiger partial charge >= 0.3 is 0 Å². The van der Waals surface area contributed by atoms with Crippen molar-refractivity contribution in [3.05, 3.63) is 47.5 Å².